The van der Waals surface area contributed by atoms with E-state index in [1.807, 2.05) is 6.20 Å². The first kappa shape index (κ1) is 14.0. The van der Waals surface area contributed by atoms with Crippen molar-refractivity contribution >= 4 is 5.69 Å². The van der Waals surface area contributed by atoms with Crippen LogP contribution >= 0.6 is 0 Å². The average Bonchev–Trinajstić information content (AvgIpc) is 2.38. The van der Waals surface area contributed by atoms with Gasteiger partial charge >= 0.3 is 0 Å². The number of hydrogen-bond donors (Lipinski definition) is 1. The zero-order valence-electron chi connectivity index (χ0n) is 11.3. The van der Waals surface area contributed by atoms with Crippen LogP contribution < -0.4 is 10.6 Å². The summed E-state index contributed by atoms with van der Waals surface area (Å²) in [5.74, 6) is 0. The Balaban J connectivity index is 2.76. The van der Waals surface area contributed by atoms with E-state index in [9.17, 15) is 0 Å². The van der Waals surface area contributed by atoms with E-state index in [4.69, 9.17) is 5.73 Å². The van der Waals surface area contributed by atoms with E-state index in [1.54, 1.807) is 0 Å². The van der Waals surface area contributed by atoms with E-state index in [2.05, 4.69) is 42.8 Å². The van der Waals surface area contributed by atoms with Crippen LogP contribution in [0, 0.1) is 0 Å². The lowest BCUT2D eigenvalue weighted by atomic mass is 10.1. The van der Waals surface area contributed by atoms with Crippen molar-refractivity contribution in [3.63, 3.8) is 0 Å². The molecule has 17 heavy (non-hydrogen) atoms. The van der Waals surface area contributed by atoms with Gasteiger partial charge < -0.3 is 10.6 Å². The molecule has 1 aromatic heterocycles. The summed E-state index contributed by atoms with van der Waals surface area (Å²) in [5, 5.41) is 0. The predicted octanol–water partition coefficient (Wildman–Crippen LogP) is 3.12. The number of aromatic nitrogens is 1. The number of rotatable bonds is 7. The Hall–Kier alpha value is -1.09. The van der Waals surface area contributed by atoms with Crippen molar-refractivity contribution < 1.29 is 0 Å². The van der Waals surface area contributed by atoms with Gasteiger partial charge in [0.2, 0.25) is 0 Å². The number of anilines is 1. The van der Waals surface area contributed by atoms with Crippen molar-refractivity contribution in [2.24, 2.45) is 5.73 Å². The Bertz CT molecular complexity index is 302. The van der Waals surface area contributed by atoms with Crippen molar-refractivity contribution in [1.29, 1.82) is 0 Å². The lowest BCUT2D eigenvalue weighted by Gasteiger charge is -2.23. The molecule has 1 rings (SSSR count). The van der Waals surface area contributed by atoms with Crippen molar-refractivity contribution in [3.05, 3.63) is 24.0 Å². The minimum atomic E-state index is 0.0647. The second-order valence-electron chi connectivity index (χ2n) is 4.44. The maximum Gasteiger partial charge on any atom is 0.0572 e. The molecule has 0 amide bonds. The van der Waals surface area contributed by atoms with Gasteiger partial charge in [0, 0.05) is 19.1 Å². The van der Waals surface area contributed by atoms with E-state index in [0.29, 0.717) is 0 Å². The molecule has 1 atom stereocenters. The van der Waals surface area contributed by atoms with E-state index in [1.165, 1.54) is 5.69 Å². The molecule has 0 aliphatic rings. The van der Waals surface area contributed by atoms with Crippen LogP contribution in [0.15, 0.2) is 18.3 Å². The fourth-order valence-corrected chi connectivity index (χ4v) is 1.92. The molecule has 3 heteroatoms. The molecule has 0 aromatic carbocycles. The van der Waals surface area contributed by atoms with Gasteiger partial charge in [-0.25, -0.2) is 0 Å². The number of nitrogens with zero attached hydrogens (tertiary/aromatic N) is 2. The van der Waals surface area contributed by atoms with Gasteiger partial charge in [0.1, 0.15) is 0 Å². The van der Waals surface area contributed by atoms with Gasteiger partial charge in [0.05, 0.1) is 17.6 Å². The lowest BCUT2D eigenvalue weighted by Crippen LogP contribution is -2.25. The predicted molar refractivity (Wildman–Crippen MR) is 74.3 cm³/mol. The number of hydrogen-bond acceptors (Lipinski definition) is 3. The third-order valence-electron chi connectivity index (χ3n) is 2.94. The molecule has 0 radical (unpaired) electrons. The molecule has 1 aromatic rings. The molecule has 0 spiro atoms. The van der Waals surface area contributed by atoms with Crippen LogP contribution in [0.4, 0.5) is 5.69 Å². The normalized spacial score (nSPS) is 12.5. The van der Waals surface area contributed by atoms with Gasteiger partial charge in [-0.15, -0.1) is 0 Å². The lowest BCUT2D eigenvalue weighted by molar-refractivity contribution is 0.673. The van der Waals surface area contributed by atoms with Crippen molar-refractivity contribution in [1.82, 2.24) is 4.98 Å². The van der Waals surface area contributed by atoms with Crippen LogP contribution in [0.3, 0.4) is 0 Å². The van der Waals surface area contributed by atoms with E-state index < -0.39 is 0 Å². The highest BCUT2D eigenvalue weighted by Gasteiger charge is 2.07. The topological polar surface area (TPSA) is 42.1 Å². The minimum absolute atomic E-state index is 0.0647. The van der Waals surface area contributed by atoms with Crippen LogP contribution in [0.1, 0.15) is 51.8 Å². The van der Waals surface area contributed by atoms with Crippen molar-refractivity contribution in [2.45, 2.75) is 46.1 Å². The Morgan fingerprint density at radius 1 is 1.18 bits per heavy atom. The Labute approximate surface area is 105 Å². The maximum atomic E-state index is 5.96. The van der Waals surface area contributed by atoms with E-state index >= 15 is 0 Å². The SMILES string of the molecule is CCCN(CCC)c1ccc([C@@H](N)CC)nc1. The highest BCUT2D eigenvalue weighted by atomic mass is 15.1. The summed E-state index contributed by atoms with van der Waals surface area (Å²) in [5.41, 5.74) is 8.16. The Morgan fingerprint density at radius 2 is 1.82 bits per heavy atom. The highest BCUT2D eigenvalue weighted by molar-refractivity contribution is 5.44. The fourth-order valence-electron chi connectivity index (χ4n) is 1.92. The molecule has 1 heterocycles. The summed E-state index contributed by atoms with van der Waals surface area (Å²) in [7, 11) is 0. The van der Waals surface area contributed by atoms with Gasteiger partial charge in [-0.2, -0.15) is 0 Å². The second-order valence-corrected chi connectivity index (χ2v) is 4.44. The van der Waals surface area contributed by atoms with E-state index in [-0.39, 0.29) is 6.04 Å². The summed E-state index contributed by atoms with van der Waals surface area (Å²) in [6.07, 6.45) is 5.21. The third-order valence-corrected chi connectivity index (χ3v) is 2.94. The monoisotopic (exact) mass is 235 g/mol. The van der Waals surface area contributed by atoms with Gasteiger partial charge in [0.15, 0.2) is 0 Å². The largest absolute Gasteiger partial charge is 0.370 e. The minimum Gasteiger partial charge on any atom is -0.370 e. The molecule has 0 fully saturated rings. The van der Waals surface area contributed by atoms with Crippen LogP contribution in [0.25, 0.3) is 0 Å². The average molecular weight is 235 g/mol. The summed E-state index contributed by atoms with van der Waals surface area (Å²) >= 11 is 0. The smallest absolute Gasteiger partial charge is 0.0572 e. The zero-order valence-corrected chi connectivity index (χ0v) is 11.3. The Morgan fingerprint density at radius 3 is 2.24 bits per heavy atom. The first-order valence-electron chi connectivity index (χ1n) is 6.69. The van der Waals surface area contributed by atoms with Crippen LogP contribution in [0.2, 0.25) is 0 Å². The molecular weight excluding hydrogens is 210 g/mol. The highest BCUT2D eigenvalue weighted by Crippen LogP contribution is 2.17. The molecule has 0 aliphatic carbocycles. The second kappa shape index (κ2) is 7.28. The summed E-state index contributed by atoms with van der Waals surface area (Å²) in [6, 6.07) is 4.26. The molecule has 0 saturated heterocycles. The molecule has 0 aliphatic heterocycles. The standard InChI is InChI=1S/C14H25N3/c1-4-9-17(10-5-2)12-7-8-14(16-11-12)13(15)6-3/h7-8,11,13H,4-6,9-10,15H2,1-3H3/t13-/m0/s1. The van der Waals surface area contributed by atoms with Gasteiger partial charge in [-0.1, -0.05) is 20.8 Å². The summed E-state index contributed by atoms with van der Waals surface area (Å²) in [6.45, 7) is 8.68. The first-order chi connectivity index (χ1) is 8.22. The first-order valence-corrected chi connectivity index (χ1v) is 6.69. The van der Waals surface area contributed by atoms with Crippen LogP contribution in [0.5, 0.6) is 0 Å². The molecule has 0 saturated carbocycles. The maximum absolute atomic E-state index is 5.96. The quantitative estimate of drug-likeness (QED) is 0.789. The van der Waals surface area contributed by atoms with Gasteiger partial charge in [0.25, 0.3) is 0 Å². The van der Waals surface area contributed by atoms with Crippen molar-refractivity contribution in [3.8, 4) is 0 Å². The molecule has 0 bridgehead atoms. The van der Waals surface area contributed by atoms with Crippen LogP contribution in [-0.4, -0.2) is 18.1 Å². The number of pyridine rings is 1. The fraction of sp³-hybridized carbons (Fsp3) is 0.643. The molecular formula is C14H25N3. The third kappa shape index (κ3) is 4.00. The van der Waals surface area contributed by atoms with Crippen molar-refractivity contribution in [2.75, 3.05) is 18.0 Å². The summed E-state index contributed by atoms with van der Waals surface area (Å²) < 4.78 is 0. The molecule has 0 unspecified atom stereocenters. The number of nitrogens with two attached hydrogens (primary N) is 1. The molecule has 3 nitrogen and oxygen atoms in total. The zero-order chi connectivity index (χ0) is 12.7. The molecule has 2 N–H and O–H groups in total. The van der Waals surface area contributed by atoms with Gasteiger partial charge in [-0.3, -0.25) is 4.98 Å². The summed E-state index contributed by atoms with van der Waals surface area (Å²) in [4.78, 5) is 6.85. The van der Waals surface area contributed by atoms with E-state index in [0.717, 1.165) is 38.0 Å². The molecule has 96 valence electrons. The Kier molecular flexibility index (Phi) is 5.98. The van der Waals surface area contributed by atoms with Crippen LogP contribution in [-0.2, 0) is 0 Å². The van der Waals surface area contributed by atoms with Gasteiger partial charge in [-0.05, 0) is 31.4 Å².